The van der Waals surface area contributed by atoms with Crippen molar-refractivity contribution in [2.75, 3.05) is 0 Å². The van der Waals surface area contributed by atoms with Crippen LogP contribution in [0.25, 0.3) is 0 Å². The fraction of sp³-hybridized carbons (Fsp3) is 0.647. The molecule has 0 bridgehead atoms. The van der Waals surface area contributed by atoms with Gasteiger partial charge in [-0.1, -0.05) is 30.6 Å². The van der Waals surface area contributed by atoms with E-state index in [9.17, 15) is 4.79 Å². The molecule has 0 spiro atoms. The van der Waals surface area contributed by atoms with Gasteiger partial charge in [0, 0.05) is 21.9 Å². The average molecular weight is 335 g/mol. The summed E-state index contributed by atoms with van der Waals surface area (Å²) in [5, 5.41) is 3.47. The molecule has 0 atom stereocenters. The van der Waals surface area contributed by atoms with Crippen LogP contribution in [0.1, 0.15) is 72.1 Å². The Bertz CT molecular complexity index is 707. The molecule has 0 amide bonds. The lowest BCUT2D eigenvalue weighted by atomic mass is 9.90. The minimum absolute atomic E-state index is 0.208. The molecule has 3 nitrogen and oxygen atoms in total. The second-order valence-electron chi connectivity index (χ2n) is 6.54. The maximum atomic E-state index is 12.3. The van der Waals surface area contributed by atoms with Gasteiger partial charge in [-0.15, -0.1) is 11.3 Å². The molecule has 0 unspecified atom stereocenters. The molecule has 2 aromatic heterocycles. The quantitative estimate of drug-likeness (QED) is 0.837. The van der Waals surface area contributed by atoms with Crippen molar-refractivity contribution in [2.45, 2.75) is 70.3 Å². The third kappa shape index (κ3) is 2.81. The zero-order valence-electron chi connectivity index (χ0n) is 12.8. The highest BCUT2D eigenvalue weighted by Crippen LogP contribution is 2.34. The second-order valence-corrected chi connectivity index (χ2v) is 8.48. The molecular weight excluding hydrogens is 312 g/mol. The van der Waals surface area contributed by atoms with E-state index in [1.807, 2.05) is 4.57 Å². The Hall–Kier alpha value is -0.940. The van der Waals surface area contributed by atoms with E-state index >= 15 is 0 Å². The van der Waals surface area contributed by atoms with Gasteiger partial charge in [0.25, 0.3) is 0 Å². The van der Waals surface area contributed by atoms with E-state index in [4.69, 9.17) is 4.98 Å². The number of fused-ring (bicyclic) bond motifs is 1. The molecule has 22 heavy (non-hydrogen) atoms. The number of aryl methyl sites for hydroxylation is 1. The Morgan fingerprint density at radius 1 is 1.14 bits per heavy atom. The minimum Gasteiger partial charge on any atom is -0.297 e. The van der Waals surface area contributed by atoms with E-state index in [0.29, 0.717) is 12.5 Å². The minimum atomic E-state index is 0.208. The molecule has 1 saturated carbocycles. The molecule has 2 aromatic rings. The van der Waals surface area contributed by atoms with Crippen LogP contribution in [-0.4, -0.2) is 9.55 Å². The predicted octanol–water partition coefficient (Wildman–Crippen LogP) is 4.34. The number of thiazole rings is 2. The lowest BCUT2D eigenvalue weighted by Crippen LogP contribution is -2.18. The van der Waals surface area contributed by atoms with Gasteiger partial charge in [-0.2, -0.15) is 0 Å². The smallest absolute Gasteiger partial charge is 0.297 e. The third-order valence-corrected chi connectivity index (χ3v) is 7.13. The summed E-state index contributed by atoms with van der Waals surface area (Å²) in [5.74, 6) is 0.667. The van der Waals surface area contributed by atoms with Crippen LogP contribution in [0.3, 0.4) is 0 Å². The highest BCUT2D eigenvalue weighted by Gasteiger charge is 2.21. The molecule has 2 aliphatic rings. The Balaban J connectivity index is 1.55. The lowest BCUT2D eigenvalue weighted by molar-refractivity contribution is 0.441. The maximum Gasteiger partial charge on any atom is 0.307 e. The average Bonchev–Trinajstić information content (AvgIpc) is 3.14. The van der Waals surface area contributed by atoms with Gasteiger partial charge in [0.1, 0.15) is 0 Å². The van der Waals surface area contributed by atoms with E-state index in [0.717, 1.165) is 18.5 Å². The van der Waals surface area contributed by atoms with Crippen molar-refractivity contribution in [3.63, 3.8) is 0 Å². The summed E-state index contributed by atoms with van der Waals surface area (Å²) < 4.78 is 1.98. The van der Waals surface area contributed by atoms with Gasteiger partial charge in [-0.05, 0) is 38.5 Å². The zero-order valence-corrected chi connectivity index (χ0v) is 14.5. The van der Waals surface area contributed by atoms with Crippen LogP contribution in [0.4, 0.5) is 0 Å². The zero-order chi connectivity index (χ0) is 14.9. The highest BCUT2D eigenvalue weighted by atomic mass is 32.1. The van der Waals surface area contributed by atoms with E-state index in [-0.39, 0.29) is 4.87 Å². The number of aromatic nitrogens is 2. The molecule has 0 radical (unpaired) electrons. The van der Waals surface area contributed by atoms with Crippen molar-refractivity contribution in [3.8, 4) is 0 Å². The first-order valence-corrected chi connectivity index (χ1v) is 10.2. The first kappa shape index (κ1) is 14.6. The summed E-state index contributed by atoms with van der Waals surface area (Å²) in [4.78, 5) is 18.7. The van der Waals surface area contributed by atoms with Gasteiger partial charge in [-0.3, -0.25) is 9.36 Å². The van der Waals surface area contributed by atoms with Crippen LogP contribution in [-0.2, 0) is 19.4 Å². The summed E-state index contributed by atoms with van der Waals surface area (Å²) in [5.41, 5.74) is 2.37. The summed E-state index contributed by atoms with van der Waals surface area (Å²) in [7, 11) is 0. The Morgan fingerprint density at radius 2 is 1.95 bits per heavy atom. The SMILES string of the molecule is O=c1sc2c(n1Cc1csc(C3CCCCC3)n1)CCCC2. The van der Waals surface area contributed by atoms with Crippen LogP contribution in [0, 0.1) is 0 Å². The molecule has 0 N–H and O–H groups in total. The molecule has 2 aliphatic carbocycles. The van der Waals surface area contributed by atoms with Gasteiger partial charge in [0.05, 0.1) is 17.2 Å². The standard InChI is InChI=1S/C17H22N2OS2/c20-17-19(14-8-4-5-9-15(14)22-17)10-13-11-21-16(18-13)12-6-2-1-3-7-12/h11-12H,1-10H2. The van der Waals surface area contributed by atoms with Crippen molar-refractivity contribution < 1.29 is 0 Å². The third-order valence-electron chi connectivity index (χ3n) is 4.99. The van der Waals surface area contributed by atoms with Crippen molar-refractivity contribution in [3.05, 3.63) is 36.3 Å². The first-order valence-electron chi connectivity index (χ1n) is 8.47. The normalized spacial score (nSPS) is 19.3. The molecule has 1 fully saturated rings. The van der Waals surface area contributed by atoms with Gasteiger partial charge >= 0.3 is 4.87 Å². The number of nitrogens with zero attached hydrogens (tertiary/aromatic N) is 2. The van der Waals surface area contributed by atoms with Gasteiger partial charge < -0.3 is 0 Å². The number of hydrogen-bond acceptors (Lipinski definition) is 4. The van der Waals surface area contributed by atoms with Crippen LogP contribution in [0.2, 0.25) is 0 Å². The summed E-state index contributed by atoms with van der Waals surface area (Å²) in [6.07, 6.45) is 11.3. The van der Waals surface area contributed by atoms with E-state index in [1.54, 1.807) is 11.3 Å². The number of hydrogen-bond donors (Lipinski definition) is 0. The van der Waals surface area contributed by atoms with Crippen molar-refractivity contribution in [1.29, 1.82) is 0 Å². The summed E-state index contributed by atoms with van der Waals surface area (Å²) in [6, 6.07) is 0. The summed E-state index contributed by atoms with van der Waals surface area (Å²) in [6.45, 7) is 0.674. The molecule has 5 heteroatoms. The molecule has 2 heterocycles. The molecule has 4 rings (SSSR count). The lowest BCUT2D eigenvalue weighted by Gasteiger charge is -2.19. The molecule has 0 saturated heterocycles. The Kier molecular flexibility index (Phi) is 4.18. The second kappa shape index (κ2) is 6.28. The Morgan fingerprint density at radius 3 is 2.82 bits per heavy atom. The van der Waals surface area contributed by atoms with E-state index < -0.39 is 0 Å². The van der Waals surface area contributed by atoms with Crippen LogP contribution in [0.15, 0.2) is 10.2 Å². The highest BCUT2D eigenvalue weighted by molar-refractivity contribution is 7.10. The topological polar surface area (TPSA) is 34.9 Å². The van der Waals surface area contributed by atoms with Gasteiger partial charge in [-0.25, -0.2) is 4.98 Å². The van der Waals surface area contributed by atoms with Crippen LogP contribution >= 0.6 is 22.7 Å². The van der Waals surface area contributed by atoms with Crippen molar-refractivity contribution >= 4 is 22.7 Å². The molecule has 0 aliphatic heterocycles. The number of rotatable bonds is 3. The first-order chi connectivity index (χ1) is 10.8. The monoisotopic (exact) mass is 334 g/mol. The van der Waals surface area contributed by atoms with Crippen molar-refractivity contribution in [2.24, 2.45) is 0 Å². The molecule has 0 aromatic carbocycles. The van der Waals surface area contributed by atoms with Crippen LogP contribution in [0.5, 0.6) is 0 Å². The van der Waals surface area contributed by atoms with Gasteiger partial charge in [0.2, 0.25) is 0 Å². The van der Waals surface area contributed by atoms with E-state index in [1.165, 1.54) is 71.9 Å². The Labute approximate surface area is 139 Å². The molecular formula is C17H22N2OS2. The fourth-order valence-electron chi connectivity index (χ4n) is 3.78. The summed E-state index contributed by atoms with van der Waals surface area (Å²) >= 11 is 3.25. The predicted molar refractivity (Wildman–Crippen MR) is 92.3 cm³/mol. The van der Waals surface area contributed by atoms with Crippen LogP contribution < -0.4 is 4.87 Å². The van der Waals surface area contributed by atoms with Crippen molar-refractivity contribution in [1.82, 2.24) is 9.55 Å². The van der Waals surface area contributed by atoms with Gasteiger partial charge in [0.15, 0.2) is 0 Å². The largest absolute Gasteiger partial charge is 0.307 e. The van der Waals surface area contributed by atoms with E-state index in [2.05, 4.69) is 5.38 Å². The molecule has 118 valence electrons. The maximum absolute atomic E-state index is 12.3. The fourth-order valence-corrected chi connectivity index (χ4v) is 5.84.